The summed E-state index contributed by atoms with van der Waals surface area (Å²) in [6, 6.07) is 11.2. The van der Waals surface area contributed by atoms with Crippen LogP contribution in [0.1, 0.15) is 5.76 Å². The lowest BCUT2D eigenvalue weighted by atomic mass is 10.2. The molecule has 5 nitrogen and oxygen atoms in total. The Balaban J connectivity index is 1.84. The fraction of sp³-hybridized carbons (Fsp3) is 0. The molecule has 0 atom stereocenters. The Hall–Kier alpha value is -2.25. The summed E-state index contributed by atoms with van der Waals surface area (Å²) < 4.78 is 8.09. The predicted molar refractivity (Wildman–Crippen MR) is 87.8 cm³/mol. The number of fused-ring (bicyclic) bond motifs is 1. The second kappa shape index (κ2) is 5.19. The van der Waals surface area contributed by atoms with Crippen molar-refractivity contribution in [2.45, 2.75) is 0 Å². The van der Waals surface area contributed by atoms with Crippen LogP contribution >= 0.6 is 27.3 Å². The Morgan fingerprint density at radius 1 is 1.23 bits per heavy atom. The minimum Gasteiger partial charge on any atom is -0.465 e. The van der Waals surface area contributed by atoms with Crippen LogP contribution in [0.15, 0.2) is 56.3 Å². The van der Waals surface area contributed by atoms with Crippen molar-refractivity contribution in [3.05, 3.63) is 67.8 Å². The summed E-state index contributed by atoms with van der Waals surface area (Å²) in [7, 11) is 0. The Morgan fingerprint density at radius 3 is 2.73 bits per heavy atom. The molecular weight excluding hydrogens is 366 g/mol. The second-order valence-corrected chi connectivity index (χ2v) is 6.49. The highest BCUT2D eigenvalue weighted by Gasteiger charge is 2.12. The van der Waals surface area contributed by atoms with Crippen LogP contribution < -0.4 is 10.1 Å². The Bertz CT molecular complexity index is 1050. The molecule has 4 aromatic rings. The molecule has 0 saturated heterocycles. The summed E-state index contributed by atoms with van der Waals surface area (Å²) in [6.45, 7) is 0. The van der Waals surface area contributed by atoms with Gasteiger partial charge in [-0.25, -0.2) is 0 Å². The summed E-state index contributed by atoms with van der Waals surface area (Å²) in [6.07, 6.45) is 3.27. The smallest absolute Gasteiger partial charge is 0.291 e. The first-order valence-electron chi connectivity index (χ1n) is 6.41. The standard InChI is InChI=1S/C15H8BrN3O2S/c16-10-5-3-9(4-6-10)13-17-15-19(18-13)14(20)12(22-15)8-11-2-1-7-21-11/h1-8H/b12-8+. The molecule has 0 aliphatic carbocycles. The number of hydrogen-bond acceptors (Lipinski definition) is 5. The molecule has 0 fully saturated rings. The van der Waals surface area contributed by atoms with Gasteiger partial charge in [-0.15, -0.1) is 5.10 Å². The summed E-state index contributed by atoms with van der Waals surface area (Å²) in [5.74, 6) is 1.18. The average molecular weight is 374 g/mol. The van der Waals surface area contributed by atoms with Gasteiger partial charge in [0.2, 0.25) is 4.96 Å². The van der Waals surface area contributed by atoms with Crippen LogP contribution in [0.5, 0.6) is 0 Å². The Morgan fingerprint density at radius 2 is 2.05 bits per heavy atom. The molecule has 0 spiro atoms. The summed E-state index contributed by atoms with van der Waals surface area (Å²) in [4.78, 5) is 17.3. The highest BCUT2D eigenvalue weighted by Crippen LogP contribution is 2.19. The fourth-order valence-corrected chi connectivity index (χ4v) is 3.21. The van der Waals surface area contributed by atoms with Crippen molar-refractivity contribution in [2.24, 2.45) is 0 Å². The maximum absolute atomic E-state index is 12.3. The maximum atomic E-state index is 12.3. The third-order valence-corrected chi connectivity index (χ3v) is 4.59. The molecular formula is C15H8BrN3O2S. The quantitative estimate of drug-likeness (QED) is 0.541. The number of hydrogen-bond donors (Lipinski definition) is 0. The zero-order chi connectivity index (χ0) is 15.1. The number of furan rings is 1. The molecule has 1 aromatic carbocycles. The molecule has 0 bridgehead atoms. The number of nitrogens with zero attached hydrogens (tertiary/aromatic N) is 3. The first kappa shape index (κ1) is 13.4. The molecule has 0 N–H and O–H groups in total. The molecule has 0 radical (unpaired) electrons. The molecule has 7 heteroatoms. The SMILES string of the molecule is O=c1/c(=C\c2ccco2)sc2nc(-c3ccc(Br)cc3)nn12. The minimum absolute atomic E-state index is 0.188. The van der Waals surface area contributed by atoms with Gasteiger partial charge in [0, 0.05) is 16.1 Å². The van der Waals surface area contributed by atoms with Crippen molar-refractivity contribution in [3.8, 4) is 11.4 Å². The van der Waals surface area contributed by atoms with Gasteiger partial charge in [0.05, 0.1) is 6.26 Å². The van der Waals surface area contributed by atoms with Crippen molar-refractivity contribution < 1.29 is 4.42 Å². The topological polar surface area (TPSA) is 60.4 Å². The van der Waals surface area contributed by atoms with E-state index >= 15 is 0 Å². The monoisotopic (exact) mass is 373 g/mol. The molecule has 0 aliphatic heterocycles. The van der Waals surface area contributed by atoms with Crippen LogP contribution in [0, 0.1) is 0 Å². The Kier molecular flexibility index (Phi) is 3.16. The van der Waals surface area contributed by atoms with Gasteiger partial charge in [0.25, 0.3) is 5.56 Å². The second-order valence-electron chi connectivity index (χ2n) is 4.57. The number of aromatic nitrogens is 3. The van der Waals surface area contributed by atoms with Gasteiger partial charge in [0.15, 0.2) is 5.82 Å². The zero-order valence-electron chi connectivity index (χ0n) is 11.1. The van der Waals surface area contributed by atoms with Crippen molar-refractivity contribution in [3.63, 3.8) is 0 Å². The van der Waals surface area contributed by atoms with Crippen LogP contribution in [0.4, 0.5) is 0 Å². The van der Waals surface area contributed by atoms with E-state index < -0.39 is 0 Å². The van der Waals surface area contributed by atoms with E-state index in [1.165, 1.54) is 15.9 Å². The third kappa shape index (κ3) is 2.28. The maximum Gasteiger partial charge on any atom is 0.291 e. The van der Waals surface area contributed by atoms with Crippen LogP contribution in [-0.4, -0.2) is 14.6 Å². The number of halogens is 1. The molecule has 4 rings (SSSR count). The number of rotatable bonds is 2. The zero-order valence-corrected chi connectivity index (χ0v) is 13.5. The van der Waals surface area contributed by atoms with E-state index in [9.17, 15) is 4.79 Å². The van der Waals surface area contributed by atoms with Gasteiger partial charge in [-0.3, -0.25) is 4.79 Å². The lowest BCUT2D eigenvalue weighted by molar-refractivity contribution is 0.556. The van der Waals surface area contributed by atoms with E-state index in [1.807, 2.05) is 24.3 Å². The van der Waals surface area contributed by atoms with Gasteiger partial charge in [-0.1, -0.05) is 39.4 Å². The van der Waals surface area contributed by atoms with Gasteiger partial charge in [0.1, 0.15) is 10.3 Å². The van der Waals surface area contributed by atoms with E-state index in [0.717, 1.165) is 10.0 Å². The van der Waals surface area contributed by atoms with Gasteiger partial charge in [-0.2, -0.15) is 9.50 Å². The minimum atomic E-state index is -0.188. The number of thiazole rings is 1. The molecule has 0 aliphatic rings. The van der Waals surface area contributed by atoms with Crippen molar-refractivity contribution >= 4 is 38.3 Å². The van der Waals surface area contributed by atoms with Crippen molar-refractivity contribution in [1.29, 1.82) is 0 Å². The average Bonchev–Trinajstić information content (AvgIpc) is 3.21. The lowest BCUT2D eigenvalue weighted by Crippen LogP contribution is -2.23. The normalized spacial score (nSPS) is 12.3. The predicted octanol–water partition coefficient (Wildman–Crippen LogP) is 2.72. The van der Waals surface area contributed by atoms with Gasteiger partial charge >= 0.3 is 0 Å². The molecule has 22 heavy (non-hydrogen) atoms. The first-order valence-corrected chi connectivity index (χ1v) is 8.02. The van der Waals surface area contributed by atoms with Crippen molar-refractivity contribution in [1.82, 2.24) is 14.6 Å². The highest BCUT2D eigenvalue weighted by molar-refractivity contribution is 9.10. The van der Waals surface area contributed by atoms with Gasteiger partial charge in [-0.05, 0) is 24.3 Å². The summed E-state index contributed by atoms with van der Waals surface area (Å²) in [5.41, 5.74) is 0.683. The van der Waals surface area contributed by atoms with Gasteiger partial charge < -0.3 is 4.42 Å². The van der Waals surface area contributed by atoms with Crippen LogP contribution in [0.2, 0.25) is 0 Å². The van der Waals surface area contributed by atoms with E-state index in [0.29, 0.717) is 21.1 Å². The van der Waals surface area contributed by atoms with Crippen molar-refractivity contribution in [2.75, 3.05) is 0 Å². The molecule has 108 valence electrons. The molecule has 0 saturated carbocycles. The van der Waals surface area contributed by atoms with E-state index in [4.69, 9.17) is 4.42 Å². The van der Waals surface area contributed by atoms with E-state index in [-0.39, 0.29) is 5.56 Å². The largest absolute Gasteiger partial charge is 0.465 e. The first-order chi connectivity index (χ1) is 10.7. The molecule has 0 amide bonds. The molecule has 0 unspecified atom stereocenters. The third-order valence-electron chi connectivity index (χ3n) is 3.10. The summed E-state index contributed by atoms with van der Waals surface area (Å²) >= 11 is 4.68. The van der Waals surface area contributed by atoms with E-state index in [2.05, 4.69) is 26.0 Å². The molecule has 3 heterocycles. The Labute approximate surface area is 136 Å². The molecule has 3 aromatic heterocycles. The summed E-state index contributed by atoms with van der Waals surface area (Å²) in [5, 5.41) is 4.30. The lowest BCUT2D eigenvalue weighted by Gasteiger charge is -1.94. The van der Waals surface area contributed by atoms with Crippen LogP contribution in [-0.2, 0) is 0 Å². The van der Waals surface area contributed by atoms with E-state index in [1.54, 1.807) is 24.5 Å². The van der Waals surface area contributed by atoms with Crippen LogP contribution in [0.3, 0.4) is 0 Å². The van der Waals surface area contributed by atoms with Crippen LogP contribution in [0.25, 0.3) is 22.4 Å². The number of benzene rings is 1. The highest BCUT2D eigenvalue weighted by atomic mass is 79.9. The fourth-order valence-electron chi connectivity index (χ4n) is 2.06.